The van der Waals surface area contributed by atoms with Gasteiger partial charge in [0.2, 0.25) is 0 Å². The van der Waals surface area contributed by atoms with E-state index in [1.54, 1.807) is 0 Å². The fraction of sp³-hybridized carbons (Fsp3) is 1.00. The Kier molecular flexibility index (Phi) is 5.07. The van der Waals surface area contributed by atoms with E-state index >= 15 is 0 Å². The maximum atomic E-state index is 12.9. The van der Waals surface area contributed by atoms with E-state index in [0.717, 1.165) is 0 Å². The summed E-state index contributed by atoms with van der Waals surface area (Å²) in [6.07, 6.45) is -7.23. The summed E-state index contributed by atoms with van der Waals surface area (Å²) in [5.74, 6) is 0. The van der Waals surface area contributed by atoms with Crippen LogP contribution in [-0.2, 0) is 22.4 Å². The van der Waals surface area contributed by atoms with E-state index < -0.39 is 41.7 Å². The van der Waals surface area contributed by atoms with Crippen molar-refractivity contribution < 1.29 is 49.8 Å². The first kappa shape index (κ1) is 16.2. The average molecular weight is 319 g/mol. The molecule has 0 spiro atoms. The van der Waals surface area contributed by atoms with Crippen molar-refractivity contribution in [3.63, 3.8) is 0 Å². The first-order valence-electron chi connectivity index (χ1n) is 4.36. The van der Waals surface area contributed by atoms with E-state index in [4.69, 9.17) is 9.79 Å². The molecule has 1 heterocycles. The topological polar surface area (TPSA) is 94.5 Å². The van der Waals surface area contributed by atoms with Crippen LogP contribution in [0.15, 0.2) is 0 Å². The van der Waals surface area contributed by atoms with Crippen molar-refractivity contribution in [3.8, 4) is 0 Å². The summed E-state index contributed by atoms with van der Waals surface area (Å²) in [6, 6.07) is 0. The van der Waals surface area contributed by atoms with Crippen LogP contribution in [0.5, 0.6) is 0 Å². The van der Waals surface area contributed by atoms with E-state index in [9.17, 15) is 22.1 Å². The number of phosphoric acid groups is 1. The lowest BCUT2D eigenvalue weighted by molar-refractivity contribution is -0.166. The molecule has 1 aliphatic heterocycles. The van der Waals surface area contributed by atoms with Crippen LogP contribution in [0.25, 0.3) is 0 Å². The molecule has 1 aliphatic rings. The monoisotopic (exact) mass is 319 g/mol. The van der Waals surface area contributed by atoms with E-state index in [0.29, 0.717) is 0 Å². The van der Waals surface area contributed by atoms with E-state index in [1.807, 2.05) is 0 Å². The van der Waals surface area contributed by atoms with Gasteiger partial charge in [0.05, 0.1) is 0 Å². The summed E-state index contributed by atoms with van der Waals surface area (Å²) >= 11 is 0. The van der Waals surface area contributed by atoms with Gasteiger partial charge in [-0.05, 0) is 4.31 Å². The van der Waals surface area contributed by atoms with Crippen molar-refractivity contribution in [2.45, 2.75) is 19.0 Å². The molecule has 0 aromatic heterocycles. The van der Waals surface area contributed by atoms with Crippen molar-refractivity contribution in [1.29, 1.82) is 0 Å². The average Bonchev–Trinajstić information content (AvgIpc) is 2.11. The normalized spacial score (nSPS) is 30.4. The molecular formula is C5H9F4O7P2+. The third-order valence-electron chi connectivity index (χ3n) is 1.43. The third kappa shape index (κ3) is 5.85. The van der Waals surface area contributed by atoms with Crippen LogP contribution in [0.2, 0.25) is 0 Å². The lowest BCUT2D eigenvalue weighted by Crippen LogP contribution is -2.26. The molecule has 108 valence electrons. The fourth-order valence-corrected chi connectivity index (χ4v) is 3.69. The van der Waals surface area contributed by atoms with Crippen molar-refractivity contribution in [1.82, 2.24) is 0 Å². The molecular weight excluding hydrogens is 310 g/mol. The number of halogens is 4. The summed E-state index contributed by atoms with van der Waals surface area (Å²) < 4.78 is 76.1. The minimum absolute atomic E-state index is 0.318. The highest BCUT2D eigenvalue weighted by Crippen LogP contribution is 2.73. The summed E-state index contributed by atoms with van der Waals surface area (Å²) in [5.41, 5.74) is 0. The molecule has 0 aromatic carbocycles. The quantitative estimate of drug-likeness (QED) is 0.605. The van der Waals surface area contributed by atoms with Crippen LogP contribution in [0, 0.1) is 0 Å². The molecule has 7 nitrogen and oxygen atoms in total. The van der Waals surface area contributed by atoms with Gasteiger partial charge in [-0.3, -0.25) is 0 Å². The number of hydrogen-bond donors (Lipinski definition) is 2. The second kappa shape index (κ2) is 5.64. The van der Waals surface area contributed by atoms with Gasteiger partial charge in [0.25, 0.3) is 6.36 Å². The van der Waals surface area contributed by atoms with Crippen LogP contribution in [0.3, 0.4) is 0 Å². The smallest absolute Gasteiger partial charge is 0.300 e. The Bertz CT molecular complexity index is 332. The fourth-order valence-electron chi connectivity index (χ4n) is 0.897. The summed E-state index contributed by atoms with van der Waals surface area (Å²) in [7, 11) is -9.79. The molecule has 0 aromatic rings. The number of alkyl halides is 4. The van der Waals surface area contributed by atoms with Crippen LogP contribution in [-0.4, -0.2) is 35.5 Å². The molecule has 0 amide bonds. The Labute approximate surface area is 98.9 Å². The third-order valence-corrected chi connectivity index (χ3v) is 4.51. The summed E-state index contributed by atoms with van der Waals surface area (Å²) in [5, 5.41) is 0. The Morgan fingerprint density at radius 1 is 1.44 bits per heavy atom. The van der Waals surface area contributed by atoms with Crippen molar-refractivity contribution in [2.24, 2.45) is 0 Å². The molecule has 2 N–H and O–H groups in total. The molecule has 1 rings (SSSR count). The zero-order chi connectivity index (χ0) is 14.0. The highest BCUT2D eigenvalue weighted by molar-refractivity contribution is 7.66. The van der Waals surface area contributed by atoms with Gasteiger partial charge in [-0.1, -0.05) is 0 Å². The molecule has 0 saturated carbocycles. The molecule has 0 aliphatic carbocycles. The van der Waals surface area contributed by atoms with Gasteiger partial charge >= 0.3 is 22.2 Å². The van der Waals surface area contributed by atoms with Gasteiger partial charge in [0.1, 0.15) is 6.61 Å². The van der Waals surface area contributed by atoms with Crippen LogP contribution >= 0.6 is 16.0 Å². The Hall–Kier alpha value is 0.140. The second-order valence-corrected chi connectivity index (χ2v) is 6.30. The lowest BCUT2D eigenvalue weighted by atomic mass is 10.5. The zero-order valence-electron chi connectivity index (χ0n) is 8.54. The standard InChI is InChI=1S/C5H8F4O7P2/c6-4-1-2-13-18(15-4,16-17(10,11)12)14-3-5(7,8)9/h4H,1-3H2,(H-,10,11,12)/p+1. The van der Waals surface area contributed by atoms with Gasteiger partial charge in [0, 0.05) is 6.42 Å². The summed E-state index contributed by atoms with van der Waals surface area (Å²) in [4.78, 5) is 17.0. The first-order valence-corrected chi connectivity index (χ1v) is 7.35. The molecule has 18 heavy (non-hydrogen) atoms. The molecule has 2 unspecified atom stereocenters. The molecule has 1 fully saturated rings. The summed E-state index contributed by atoms with van der Waals surface area (Å²) in [6.45, 7) is -2.40. The van der Waals surface area contributed by atoms with Gasteiger partial charge in [-0.15, -0.1) is 9.05 Å². The maximum absolute atomic E-state index is 12.9. The van der Waals surface area contributed by atoms with Crippen LogP contribution in [0.4, 0.5) is 17.6 Å². The van der Waals surface area contributed by atoms with Gasteiger partial charge in [0.15, 0.2) is 6.61 Å². The van der Waals surface area contributed by atoms with Gasteiger partial charge < -0.3 is 9.79 Å². The van der Waals surface area contributed by atoms with Crippen LogP contribution in [0.1, 0.15) is 6.42 Å². The first-order chi connectivity index (χ1) is 8.02. The predicted octanol–water partition coefficient (Wildman–Crippen LogP) is 2.08. The largest absolute Gasteiger partial charge is 0.589 e. The highest BCUT2D eigenvalue weighted by atomic mass is 31.3. The van der Waals surface area contributed by atoms with Crippen molar-refractivity contribution >= 4 is 16.0 Å². The molecule has 0 bridgehead atoms. The van der Waals surface area contributed by atoms with Gasteiger partial charge in [-0.25, -0.2) is 8.96 Å². The molecule has 2 atom stereocenters. The Balaban J connectivity index is 2.77. The minimum Gasteiger partial charge on any atom is -0.300 e. The maximum Gasteiger partial charge on any atom is 0.589 e. The van der Waals surface area contributed by atoms with E-state index in [1.165, 1.54) is 0 Å². The van der Waals surface area contributed by atoms with E-state index in [-0.39, 0.29) is 6.42 Å². The Morgan fingerprint density at radius 3 is 2.50 bits per heavy atom. The Morgan fingerprint density at radius 2 is 2.06 bits per heavy atom. The molecule has 13 heteroatoms. The minimum atomic E-state index is -5.27. The molecule has 0 radical (unpaired) electrons. The predicted molar refractivity (Wildman–Crippen MR) is 48.6 cm³/mol. The highest BCUT2D eigenvalue weighted by Gasteiger charge is 2.61. The van der Waals surface area contributed by atoms with Gasteiger partial charge in [-0.2, -0.15) is 17.7 Å². The van der Waals surface area contributed by atoms with E-state index in [2.05, 4.69) is 17.9 Å². The van der Waals surface area contributed by atoms with Crippen molar-refractivity contribution in [2.75, 3.05) is 13.2 Å². The van der Waals surface area contributed by atoms with Crippen LogP contribution < -0.4 is 0 Å². The lowest BCUT2D eigenvalue weighted by Gasteiger charge is -2.24. The number of rotatable bonds is 4. The van der Waals surface area contributed by atoms with Crippen molar-refractivity contribution in [3.05, 3.63) is 0 Å². The second-order valence-electron chi connectivity index (χ2n) is 3.05. The molecule has 1 saturated heterocycles. The SMILES string of the molecule is O=P(O)(O)O[P+]1(OCC(F)(F)F)OCCC(F)O1. The zero-order valence-corrected chi connectivity index (χ0v) is 10.3. The number of hydrogen-bond acceptors (Lipinski definition) is 5.